The molecule has 0 amide bonds. The van der Waals surface area contributed by atoms with Gasteiger partial charge in [0, 0.05) is 4.47 Å². The average Bonchev–Trinajstić information content (AvgIpc) is 2.47. The highest BCUT2D eigenvalue weighted by Gasteiger charge is 2.15. The highest BCUT2D eigenvalue weighted by atomic mass is 79.9. The smallest absolute Gasteiger partial charge is 0.133 e. The molecular weight excluding hydrogens is 394 g/mol. The Hall–Kier alpha value is -0.840. The van der Waals surface area contributed by atoms with Crippen molar-refractivity contribution in [3.63, 3.8) is 0 Å². The Morgan fingerprint density at radius 3 is 2.43 bits per heavy atom. The first-order chi connectivity index (χ1) is 10.2. The second kappa shape index (κ2) is 7.97. The van der Waals surface area contributed by atoms with Crippen LogP contribution in [0.2, 0.25) is 0 Å². The van der Waals surface area contributed by atoms with E-state index in [1.54, 1.807) is 0 Å². The summed E-state index contributed by atoms with van der Waals surface area (Å²) in [5.74, 6) is 0.880. The summed E-state index contributed by atoms with van der Waals surface area (Å²) >= 11 is 7.14. The topological polar surface area (TPSA) is 21.3 Å². The van der Waals surface area contributed by atoms with Crippen LogP contribution in [0.4, 0.5) is 0 Å². The molecule has 112 valence electrons. The molecule has 0 saturated heterocycles. The molecule has 2 rings (SSSR count). The Labute approximate surface area is 143 Å². The molecule has 1 atom stereocenters. The number of hydrogen-bond donors (Lipinski definition) is 1. The van der Waals surface area contributed by atoms with Gasteiger partial charge >= 0.3 is 0 Å². The molecule has 0 bridgehead atoms. The molecule has 2 aromatic rings. The van der Waals surface area contributed by atoms with E-state index in [-0.39, 0.29) is 6.04 Å². The fraction of sp³-hybridized carbons (Fsp3) is 0.294. The van der Waals surface area contributed by atoms with Crippen LogP contribution in [-0.4, -0.2) is 13.2 Å². The number of halogens is 2. The van der Waals surface area contributed by atoms with E-state index in [1.165, 1.54) is 11.1 Å². The number of hydrogen-bond acceptors (Lipinski definition) is 2. The van der Waals surface area contributed by atoms with Gasteiger partial charge < -0.3 is 10.1 Å². The van der Waals surface area contributed by atoms with Gasteiger partial charge in [-0.05, 0) is 64.8 Å². The van der Waals surface area contributed by atoms with Crippen molar-refractivity contribution in [1.82, 2.24) is 5.32 Å². The van der Waals surface area contributed by atoms with Gasteiger partial charge in [0.1, 0.15) is 5.75 Å². The number of benzene rings is 2. The Morgan fingerprint density at radius 1 is 1.05 bits per heavy atom. The lowest BCUT2D eigenvalue weighted by Gasteiger charge is -2.20. The predicted octanol–water partition coefficient (Wildman–Crippen LogP) is 5.31. The van der Waals surface area contributed by atoms with Crippen LogP contribution < -0.4 is 10.1 Å². The Balaban J connectivity index is 2.36. The molecule has 2 aromatic carbocycles. The van der Waals surface area contributed by atoms with Crippen molar-refractivity contribution in [2.75, 3.05) is 13.2 Å². The van der Waals surface area contributed by atoms with E-state index in [0.717, 1.165) is 21.2 Å². The average molecular weight is 413 g/mol. The van der Waals surface area contributed by atoms with Crippen molar-refractivity contribution in [3.8, 4) is 5.75 Å². The van der Waals surface area contributed by atoms with Crippen LogP contribution in [0.1, 0.15) is 31.0 Å². The van der Waals surface area contributed by atoms with E-state index >= 15 is 0 Å². The lowest BCUT2D eigenvalue weighted by atomic mass is 9.98. The third kappa shape index (κ3) is 4.31. The Bertz CT molecular complexity index is 601. The molecule has 0 saturated carbocycles. The second-order valence-corrected chi connectivity index (χ2v) is 6.44. The number of ether oxygens (including phenoxy) is 1. The summed E-state index contributed by atoms with van der Waals surface area (Å²) in [6, 6.07) is 14.8. The normalized spacial score (nSPS) is 12.2. The first kappa shape index (κ1) is 16.5. The summed E-state index contributed by atoms with van der Waals surface area (Å²) in [7, 11) is 0. The fourth-order valence-electron chi connectivity index (χ4n) is 2.29. The molecule has 4 heteroatoms. The maximum atomic E-state index is 5.58. The monoisotopic (exact) mass is 411 g/mol. The summed E-state index contributed by atoms with van der Waals surface area (Å²) in [6.45, 7) is 5.68. The van der Waals surface area contributed by atoms with Gasteiger partial charge in [-0.25, -0.2) is 0 Å². The molecule has 0 aliphatic heterocycles. The first-order valence-corrected chi connectivity index (χ1v) is 8.65. The van der Waals surface area contributed by atoms with E-state index in [0.29, 0.717) is 6.61 Å². The van der Waals surface area contributed by atoms with Crippen LogP contribution in [-0.2, 0) is 0 Å². The molecule has 2 nitrogen and oxygen atoms in total. The largest absolute Gasteiger partial charge is 0.493 e. The van der Waals surface area contributed by atoms with Crippen LogP contribution in [0.3, 0.4) is 0 Å². The summed E-state index contributed by atoms with van der Waals surface area (Å²) in [5.41, 5.74) is 2.45. The van der Waals surface area contributed by atoms with Gasteiger partial charge in [0.05, 0.1) is 17.1 Å². The molecule has 1 N–H and O–H groups in total. The zero-order valence-corrected chi connectivity index (χ0v) is 15.4. The molecule has 1 unspecified atom stereocenters. The zero-order chi connectivity index (χ0) is 15.2. The van der Waals surface area contributed by atoms with E-state index < -0.39 is 0 Å². The van der Waals surface area contributed by atoms with Gasteiger partial charge in [0.2, 0.25) is 0 Å². The van der Waals surface area contributed by atoms with Crippen LogP contribution in [0.5, 0.6) is 5.75 Å². The predicted molar refractivity (Wildman–Crippen MR) is 95.0 cm³/mol. The maximum absolute atomic E-state index is 5.58. The van der Waals surface area contributed by atoms with Gasteiger partial charge in [-0.1, -0.05) is 41.1 Å². The third-order valence-electron chi connectivity index (χ3n) is 3.18. The van der Waals surface area contributed by atoms with Crippen molar-refractivity contribution in [2.45, 2.75) is 19.9 Å². The Kier molecular flexibility index (Phi) is 6.27. The first-order valence-electron chi connectivity index (χ1n) is 7.06. The van der Waals surface area contributed by atoms with Crippen LogP contribution in [0.15, 0.2) is 51.4 Å². The van der Waals surface area contributed by atoms with Crippen LogP contribution >= 0.6 is 31.9 Å². The lowest BCUT2D eigenvalue weighted by Crippen LogP contribution is -2.22. The van der Waals surface area contributed by atoms with Crippen molar-refractivity contribution < 1.29 is 4.74 Å². The lowest BCUT2D eigenvalue weighted by molar-refractivity contribution is 0.338. The van der Waals surface area contributed by atoms with Crippen molar-refractivity contribution in [2.24, 2.45) is 0 Å². The second-order valence-electron chi connectivity index (χ2n) is 4.67. The molecule has 0 aromatic heterocycles. The third-order valence-corrected chi connectivity index (χ3v) is 4.29. The molecule has 0 fully saturated rings. The Morgan fingerprint density at radius 2 is 1.81 bits per heavy atom. The minimum absolute atomic E-state index is 0.166. The SMILES string of the molecule is CCNC(c1cccc(Br)c1)c1ccc(OCC)c(Br)c1. The molecule has 0 heterocycles. The van der Waals surface area contributed by atoms with Gasteiger partial charge in [-0.2, -0.15) is 0 Å². The zero-order valence-electron chi connectivity index (χ0n) is 12.2. The fourth-order valence-corrected chi connectivity index (χ4v) is 3.22. The van der Waals surface area contributed by atoms with Crippen LogP contribution in [0.25, 0.3) is 0 Å². The highest BCUT2D eigenvalue weighted by Crippen LogP contribution is 2.31. The van der Waals surface area contributed by atoms with Crippen molar-refractivity contribution in [1.29, 1.82) is 0 Å². The molecule has 0 spiro atoms. The van der Waals surface area contributed by atoms with Gasteiger partial charge in [-0.3, -0.25) is 0 Å². The van der Waals surface area contributed by atoms with E-state index in [1.807, 2.05) is 19.1 Å². The molecule has 21 heavy (non-hydrogen) atoms. The molecule has 0 aliphatic rings. The molecular formula is C17H19Br2NO. The van der Waals surface area contributed by atoms with E-state index in [2.05, 4.69) is 74.4 Å². The standard InChI is InChI=1S/C17H19Br2NO/c1-3-20-17(12-6-5-7-14(18)10-12)13-8-9-16(21-4-2)15(19)11-13/h5-11,17,20H,3-4H2,1-2H3. The van der Waals surface area contributed by atoms with Crippen molar-refractivity contribution in [3.05, 3.63) is 62.5 Å². The molecule has 0 aliphatic carbocycles. The summed E-state index contributed by atoms with van der Waals surface area (Å²) in [4.78, 5) is 0. The summed E-state index contributed by atoms with van der Waals surface area (Å²) in [6.07, 6.45) is 0. The minimum Gasteiger partial charge on any atom is -0.493 e. The number of nitrogens with one attached hydrogen (secondary N) is 1. The van der Waals surface area contributed by atoms with Crippen molar-refractivity contribution >= 4 is 31.9 Å². The quantitative estimate of drug-likeness (QED) is 0.694. The summed E-state index contributed by atoms with van der Waals surface area (Å²) < 4.78 is 7.66. The van der Waals surface area contributed by atoms with E-state index in [4.69, 9.17) is 4.74 Å². The minimum atomic E-state index is 0.166. The van der Waals surface area contributed by atoms with Crippen LogP contribution in [0, 0.1) is 0 Å². The van der Waals surface area contributed by atoms with Gasteiger partial charge in [0.15, 0.2) is 0 Å². The van der Waals surface area contributed by atoms with Gasteiger partial charge in [-0.15, -0.1) is 0 Å². The molecule has 0 radical (unpaired) electrons. The van der Waals surface area contributed by atoms with E-state index in [9.17, 15) is 0 Å². The maximum Gasteiger partial charge on any atom is 0.133 e. The highest BCUT2D eigenvalue weighted by molar-refractivity contribution is 9.10. The van der Waals surface area contributed by atoms with Gasteiger partial charge in [0.25, 0.3) is 0 Å². The summed E-state index contributed by atoms with van der Waals surface area (Å²) in [5, 5.41) is 3.54. The number of rotatable bonds is 6.